The molecule has 0 bridgehead atoms. The Bertz CT molecular complexity index is 1180. The zero-order valence-electron chi connectivity index (χ0n) is 19.5. The molecule has 172 valence electrons. The molecule has 0 radical (unpaired) electrons. The fourth-order valence-electron chi connectivity index (χ4n) is 3.68. The van der Waals surface area contributed by atoms with Crippen LogP contribution >= 0.6 is 0 Å². The van der Waals surface area contributed by atoms with E-state index in [9.17, 15) is 8.42 Å². The van der Waals surface area contributed by atoms with Crippen molar-refractivity contribution < 1.29 is 8.42 Å². The van der Waals surface area contributed by atoms with E-state index in [2.05, 4.69) is 43.9 Å². The summed E-state index contributed by atoms with van der Waals surface area (Å²) in [5.74, 6) is 2.23. The minimum absolute atomic E-state index is 0.224. The first-order valence-electron chi connectivity index (χ1n) is 10.7. The van der Waals surface area contributed by atoms with E-state index in [1.54, 1.807) is 30.7 Å². The van der Waals surface area contributed by atoms with Gasteiger partial charge >= 0.3 is 0 Å². The van der Waals surface area contributed by atoms with Crippen LogP contribution in [0.4, 0.5) is 23.0 Å². The van der Waals surface area contributed by atoms with E-state index in [-0.39, 0.29) is 4.90 Å². The van der Waals surface area contributed by atoms with Crippen LogP contribution in [0.1, 0.15) is 38.0 Å². The molecule has 0 aliphatic heterocycles. The van der Waals surface area contributed by atoms with Crippen molar-refractivity contribution in [3.63, 3.8) is 0 Å². The molecule has 0 amide bonds. The lowest BCUT2D eigenvalue weighted by Gasteiger charge is -2.20. The van der Waals surface area contributed by atoms with Gasteiger partial charge in [-0.25, -0.2) is 18.4 Å². The smallest absolute Gasteiger partial charge is 0.265 e. The Morgan fingerprint density at radius 3 is 2.16 bits per heavy atom. The lowest BCUT2D eigenvalue weighted by molar-refractivity contribution is 0.598. The zero-order valence-corrected chi connectivity index (χ0v) is 20.3. The van der Waals surface area contributed by atoms with E-state index in [1.807, 2.05) is 32.0 Å². The zero-order chi connectivity index (χ0) is 23.5. The molecule has 0 saturated carbocycles. The first kappa shape index (κ1) is 23.5. The van der Waals surface area contributed by atoms with Gasteiger partial charge in [-0.2, -0.15) is 5.10 Å². The van der Waals surface area contributed by atoms with Crippen molar-refractivity contribution in [2.45, 2.75) is 53.0 Å². The van der Waals surface area contributed by atoms with Gasteiger partial charge in [0.05, 0.1) is 11.4 Å². The van der Waals surface area contributed by atoms with Gasteiger partial charge in [0.15, 0.2) is 0 Å². The third kappa shape index (κ3) is 5.01. The van der Waals surface area contributed by atoms with Crippen molar-refractivity contribution in [2.24, 2.45) is 0 Å². The third-order valence-electron chi connectivity index (χ3n) is 5.20. The van der Waals surface area contributed by atoms with Gasteiger partial charge in [-0.3, -0.25) is 9.40 Å². The monoisotopic (exact) mass is 457 g/mol. The second-order valence-electron chi connectivity index (χ2n) is 7.45. The Morgan fingerprint density at radius 1 is 0.969 bits per heavy atom. The molecule has 3 rings (SSSR count). The van der Waals surface area contributed by atoms with Crippen LogP contribution in [0.2, 0.25) is 0 Å². The lowest BCUT2D eigenvalue weighted by Crippen LogP contribution is -2.23. The van der Waals surface area contributed by atoms with Crippen molar-refractivity contribution in [3.8, 4) is 0 Å². The predicted molar refractivity (Wildman–Crippen MR) is 128 cm³/mol. The molecule has 0 unspecified atom stereocenters. The molecule has 2 heterocycles. The van der Waals surface area contributed by atoms with Crippen molar-refractivity contribution in [1.82, 2.24) is 19.7 Å². The standard InChI is InChI=1S/C22H31N7O2S/c1-7-28(8-2)21-14-20(23-17(6)24-21)25-18-10-12-19(13-11-18)27-32(30,31)22-15(4)26-29(9-3)16(22)5/h10-14,27H,7-9H2,1-6H3,(H,23,24,25). The largest absolute Gasteiger partial charge is 0.357 e. The maximum absolute atomic E-state index is 12.9. The van der Waals surface area contributed by atoms with E-state index < -0.39 is 10.0 Å². The second kappa shape index (κ2) is 9.56. The molecule has 0 aliphatic rings. The molecule has 2 aromatic heterocycles. The van der Waals surface area contributed by atoms with Gasteiger partial charge in [0.1, 0.15) is 22.4 Å². The summed E-state index contributed by atoms with van der Waals surface area (Å²) in [4.78, 5) is 11.4. The molecule has 0 atom stereocenters. The van der Waals surface area contributed by atoms with E-state index in [4.69, 9.17) is 0 Å². The molecular weight excluding hydrogens is 426 g/mol. The van der Waals surface area contributed by atoms with Crippen LogP contribution in [0, 0.1) is 20.8 Å². The van der Waals surface area contributed by atoms with Crippen LogP contribution in [-0.2, 0) is 16.6 Å². The van der Waals surface area contributed by atoms with Crippen LogP contribution in [0.25, 0.3) is 0 Å². The van der Waals surface area contributed by atoms with Crippen LogP contribution < -0.4 is 14.9 Å². The molecule has 3 aromatic rings. The highest BCUT2D eigenvalue weighted by Gasteiger charge is 2.24. The third-order valence-corrected chi connectivity index (χ3v) is 6.84. The SMILES string of the molecule is CCN(CC)c1cc(Nc2ccc(NS(=O)(=O)c3c(C)nn(CC)c3C)cc2)nc(C)n1. The molecule has 2 N–H and O–H groups in total. The number of hydrogen-bond donors (Lipinski definition) is 2. The summed E-state index contributed by atoms with van der Waals surface area (Å²) in [6.45, 7) is 13.8. The molecule has 10 heteroatoms. The Morgan fingerprint density at radius 2 is 1.59 bits per heavy atom. The number of aryl methyl sites for hydroxylation is 3. The highest BCUT2D eigenvalue weighted by atomic mass is 32.2. The second-order valence-corrected chi connectivity index (χ2v) is 9.07. The molecule has 0 spiro atoms. The van der Waals surface area contributed by atoms with Crippen molar-refractivity contribution in [2.75, 3.05) is 28.0 Å². The van der Waals surface area contributed by atoms with Gasteiger partial charge in [0.25, 0.3) is 10.0 Å². The number of nitrogens with one attached hydrogen (secondary N) is 2. The quantitative estimate of drug-likeness (QED) is 0.500. The maximum atomic E-state index is 12.9. The average molecular weight is 458 g/mol. The summed E-state index contributed by atoms with van der Waals surface area (Å²) < 4.78 is 30.2. The number of anilines is 4. The van der Waals surface area contributed by atoms with Gasteiger partial charge in [-0.05, 0) is 65.8 Å². The highest BCUT2D eigenvalue weighted by molar-refractivity contribution is 7.92. The number of sulfonamides is 1. The molecule has 0 aliphatic carbocycles. The van der Waals surface area contributed by atoms with Crippen molar-refractivity contribution >= 4 is 33.0 Å². The molecule has 1 aromatic carbocycles. The van der Waals surface area contributed by atoms with Gasteiger partial charge in [-0.15, -0.1) is 0 Å². The van der Waals surface area contributed by atoms with E-state index in [0.29, 0.717) is 35.3 Å². The minimum atomic E-state index is -3.74. The van der Waals surface area contributed by atoms with Crippen LogP contribution in [0.5, 0.6) is 0 Å². The molecule has 9 nitrogen and oxygen atoms in total. The van der Waals surface area contributed by atoms with Gasteiger partial charge in [0, 0.05) is 37.1 Å². The number of rotatable bonds is 9. The Balaban J connectivity index is 1.78. The summed E-state index contributed by atoms with van der Waals surface area (Å²) in [5.41, 5.74) is 2.38. The van der Waals surface area contributed by atoms with Crippen LogP contribution in [0.3, 0.4) is 0 Å². The first-order valence-corrected chi connectivity index (χ1v) is 12.2. The minimum Gasteiger partial charge on any atom is -0.357 e. The molecule has 0 fully saturated rings. The topological polar surface area (TPSA) is 105 Å². The molecular formula is C22H31N7O2S. The summed E-state index contributed by atoms with van der Waals surface area (Å²) in [6, 6.07) is 8.96. The number of benzene rings is 1. The first-order chi connectivity index (χ1) is 15.2. The number of hydrogen-bond acceptors (Lipinski definition) is 7. The van der Waals surface area contributed by atoms with E-state index in [0.717, 1.165) is 24.6 Å². The fraction of sp³-hybridized carbons (Fsp3) is 0.409. The maximum Gasteiger partial charge on any atom is 0.265 e. The highest BCUT2D eigenvalue weighted by Crippen LogP contribution is 2.25. The van der Waals surface area contributed by atoms with Crippen molar-refractivity contribution in [3.05, 3.63) is 47.5 Å². The average Bonchev–Trinajstić information content (AvgIpc) is 3.04. The Kier molecular flexibility index (Phi) is 7.02. The van der Waals surface area contributed by atoms with Gasteiger partial charge in [0.2, 0.25) is 0 Å². The Hall–Kier alpha value is -3.14. The van der Waals surface area contributed by atoms with Gasteiger partial charge < -0.3 is 10.2 Å². The lowest BCUT2D eigenvalue weighted by atomic mass is 10.3. The number of nitrogens with zero attached hydrogens (tertiary/aromatic N) is 5. The van der Waals surface area contributed by atoms with E-state index >= 15 is 0 Å². The Labute approximate surface area is 189 Å². The summed E-state index contributed by atoms with van der Waals surface area (Å²) in [7, 11) is -3.74. The summed E-state index contributed by atoms with van der Waals surface area (Å²) in [5, 5.41) is 7.58. The molecule has 0 saturated heterocycles. The normalized spacial score (nSPS) is 11.4. The van der Waals surface area contributed by atoms with Gasteiger partial charge in [-0.1, -0.05) is 0 Å². The predicted octanol–water partition coefficient (Wildman–Crippen LogP) is 4.01. The van der Waals surface area contributed by atoms with Crippen molar-refractivity contribution in [1.29, 1.82) is 0 Å². The van der Waals surface area contributed by atoms with Crippen LogP contribution in [-0.4, -0.2) is 41.3 Å². The fourth-order valence-corrected chi connectivity index (χ4v) is 5.15. The number of aromatic nitrogens is 4. The van der Waals surface area contributed by atoms with Crippen LogP contribution in [0.15, 0.2) is 35.2 Å². The summed E-state index contributed by atoms with van der Waals surface area (Å²) >= 11 is 0. The van der Waals surface area contributed by atoms with E-state index in [1.165, 1.54) is 0 Å². The molecule has 32 heavy (non-hydrogen) atoms. The summed E-state index contributed by atoms with van der Waals surface area (Å²) in [6.07, 6.45) is 0.